The van der Waals surface area contributed by atoms with Gasteiger partial charge >= 0.3 is 0 Å². The van der Waals surface area contributed by atoms with Crippen molar-refractivity contribution >= 4 is 11.8 Å². The molecule has 8 heavy (non-hydrogen) atoms. The maximum atomic E-state index is 10.2. The molecular formula is C4H4NO3. The van der Waals surface area contributed by atoms with Crippen molar-refractivity contribution in [2.24, 2.45) is 0 Å². The fourth-order valence-electron chi connectivity index (χ4n) is 0.470. The SMILES string of the molecule is O=C1[CH]CC(=O)N1O. The van der Waals surface area contributed by atoms with Crippen molar-refractivity contribution in [2.75, 3.05) is 0 Å². The van der Waals surface area contributed by atoms with Gasteiger partial charge in [-0.1, -0.05) is 0 Å². The molecule has 0 spiro atoms. The quantitative estimate of drug-likeness (QED) is 0.336. The van der Waals surface area contributed by atoms with Gasteiger partial charge in [0.2, 0.25) is 0 Å². The second kappa shape index (κ2) is 1.56. The lowest BCUT2D eigenvalue weighted by atomic mass is 10.4. The zero-order chi connectivity index (χ0) is 6.15. The molecular weight excluding hydrogens is 110 g/mol. The van der Waals surface area contributed by atoms with Crippen LogP contribution in [0.25, 0.3) is 0 Å². The summed E-state index contributed by atoms with van der Waals surface area (Å²) in [6.07, 6.45) is 1.15. The molecule has 1 radical (unpaired) electrons. The van der Waals surface area contributed by atoms with Crippen LogP contribution in [0.2, 0.25) is 0 Å². The van der Waals surface area contributed by atoms with Crippen molar-refractivity contribution < 1.29 is 14.8 Å². The molecule has 0 aromatic heterocycles. The maximum Gasteiger partial charge on any atom is 0.257 e. The first-order valence-electron chi connectivity index (χ1n) is 2.11. The Kier molecular flexibility index (Phi) is 1.02. The van der Waals surface area contributed by atoms with Gasteiger partial charge in [-0.25, -0.2) is 0 Å². The Morgan fingerprint density at radius 1 is 1.62 bits per heavy atom. The number of carbonyl (C=O) groups is 2. The van der Waals surface area contributed by atoms with Crippen LogP contribution < -0.4 is 0 Å². The van der Waals surface area contributed by atoms with Gasteiger partial charge in [0, 0.05) is 6.42 Å². The van der Waals surface area contributed by atoms with Gasteiger partial charge in [-0.2, -0.15) is 5.06 Å². The van der Waals surface area contributed by atoms with Crippen molar-refractivity contribution in [3.63, 3.8) is 0 Å². The lowest BCUT2D eigenvalue weighted by molar-refractivity contribution is -0.170. The van der Waals surface area contributed by atoms with E-state index in [0.717, 1.165) is 6.42 Å². The molecule has 1 rings (SSSR count). The molecule has 0 unspecified atom stereocenters. The van der Waals surface area contributed by atoms with Gasteiger partial charge in [0.25, 0.3) is 11.8 Å². The van der Waals surface area contributed by atoms with Gasteiger partial charge in [0.1, 0.15) is 0 Å². The number of hydrogen-bond acceptors (Lipinski definition) is 3. The third-order valence-corrected chi connectivity index (χ3v) is 0.896. The molecule has 0 bridgehead atoms. The molecule has 0 aromatic carbocycles. The topological polar surface area (TPSA) is 57.6 Å². The van der Waals surface area contributed by atoms with E-state index in [-0.39, 0.29) is 11.5 Å². The van der Waals surface area contributed by atoms with Crippen LogP contribution in [0.1, 0.15) is 6.42 Å². The molecule has 1 heterocycles. The summed E-state index contributed by atoms with van der Waals surface area (Å²) in [5.74, 6) is -1.19. The van der Waals surface area contributed by atoms with Crippen LogP contribution >= 0.6 is 0 Å². The third kappa shape index (κ3) is 0.586. The molecule has 1 saturated heterocycles. The summed E-state index contributed by atoms with van der Waals surface area (Å²) in [4.78, 5) is 20.4. The molecule has 2 amide bonds. The van der Waals surface area contributed by atoms with E-state index >= 15 is 0 Å². The standard InChI is InChI=1S/C4H4NO3/c6-3-1-2-4(7)5(3)8/h1,8H,2H2. The van der Waals surface area contributed by atoms with E-state index in [9.17, 15) is 9.59 Å². The van der Waals surface area contributed by atoms with Gasteiger partial charge in [-0.05, 0) is 0 Å². The first-order valence-corrected chi connectivity index (χ1v) is 2.11. The highest BCUT2D eigenvalue weighted by Gasteiger charge is 2.27. The van der Waals surface area contributed by atoms with Crippen LogP contribution in [0, 0.1) is 6.42 Å². The summed E-state index contributed by atoms with van der Waals surface area (Å²) < 4.78 is 0. The van der Waals surface area contributed by atoms with Crippen LogP contribution in [0.4, 0.5) is 0 Å². The predicted molar refractivity (Wildman–Crippen MR) is 22.6 cm³/mol. The molecule has 0 atom stereocenters. The van der Waals surface area contributed by atoms with E-state index < -0.39 is 11.8 Å². The number of rotatable bonds is 0. The minimum atomic E-state index is -0.630. The van der Waals surface area contributed by atoms with E-state index in [1.165, 1.54) is 0 Å². The summed E-state index contributed by atoms with van der Waals surface area (Å²) in [5.41, 5.74) is 0. The lowest BCUT2D eigenvalue weighted by Crippen LogP contribution is -2.24. The molecule has 1 N–H and O–H groups in total. The predicted octanol–water partition coefficient (Wildman–Crippen LogP) is -0.661. The molecule has 0 aliphatic carbocycles. The maximum absolute atomic E-state index is 10.2. The summed E-state index contributed by atoms with van der Waals surface area (Å²) in [6, 6.07) is 0. The summed E-state index contributed by atoms with van der Waals surface area (Å²) in [7, 11) is 0. The number of amides is 2. The average molecular weight is 114 g/mol. The summed E-state index contributed by atoms with van der Waals surface area (Å²) >= 11 is 0. The first kappa shape index (κ1) is 5.24. The fourth-order valence-corrected chi connectivity index (χ4v) is 0.470. The van der Waals surface area contributed by atoms with Crippen LogP contribution in [0.15, 0.2) is 0 Å². The number of hydroxylamine groups is 2. The largest absolute Gasteiger partial charge is 0.279 e. The van der Waals surface area contributed by atoms with Gasteiger partial charge in [-0.3, -0.25) is 14.8 Å². The summed E-state index contributed by atoms with van der Waals surface area (Å²) in [5, 5.41) is 8.48. The van der Waals surface area contributed by atoms with Crippen molar-refractivity contribution in [3.8, 4) is 0 Å². The van der Waals surface area contributed by atoms with Crippen molar-refractivity contribution in [1.29, 1.82) is 0 Å². The number of carbonyl (C=O) groups excluding carboxylic acids is 2. The molecule has 0 saturated carbocycles. The minimum absolute atomic E-state index is 0.0231. The second-order valence-electron chi connectivity index (χ2n) is 1.45. The molecule has 0 aromatic rings. The van der Waals surface area contributed by atoms with E-state index in [0.29, 0.717) is 0 Å². The highest BCUT2D eigenvalue weighted by atomic mass is 16.5. The van der Waals surface area contributed by atoms with Crippen LogP contribution in [-0.2, 0) is 9.59 Å². The second-order valence-corrected chi connectivity index (χ2v) is 1.45. The molecule has 4 nitrogen and oxygen atoms in total. The lowest BCUT2D eigenvalue weighted by Gasteiger charge is -1.98. The van der Waals surface area contributed by atoms with Gasteiger partial charge < -0.3 is 0 Å². The Hall–Kier alpha value is -0.900. The zero-order valence-electron chi connectivity index (χ0n) is 4.00. The van der Waals surface area contributed by atoms with Gasteiger partial charge in [-0.15, -0.1) is 0 Å². The molecule has 1 aliphatic rings. The minimum Gasteiger partial charge on any atom is -0.279 e. The Morgan fingerprint density at radius 3 is 2.38 bits per heavy atom. The fraction of sp³-hybridized carbons (Fsp3) is 0.250. The smallest absolute Gasteiger partial charge is 0.257 e. The Bertz CT molecular complexity index is 126. The molecule has 1 aliphatic heterocycles. The van der Waals surface area contributed by atoms with Gasteiger partial charge in [0.15, 0.2) is 0 Å². The van der Waals surface area contributed by atoms with E-state index in [1.807, 2.05) is 0 Å². The Labute approximate surface area is 45.7 Å². The average Bonchev–Trinajstić information content (AvgIpc) is 1.98. The monoisotopic (exact) mass is 114 g/mol. The van der Waals surface area contributed by atoms with E-state index in [1.54, 1.807) is 0 Å². The Balaban J connectivity index is 2.70. The third-order valence-electron chi connectivity index (χ3n) is 0.896. The molecule has 4 heteroatoms. The highest BCUT2D eigenvalue weighted by Crippen LogP contribution is 2.05. The van der Waals surface area contributed by atoms with Crippen LogP contribution in [-0.4, -0.2) is 22.1 Å². The van der Waals surface area contributed by atoms with Gasteiger partial charge in [0.05, 0.1) is 6.42 Å². The number of imide groups is 1. The first-order chi connectivity index (χ1) is 3.72. The van der Waals surface area contributed by atoms with E-state index in [2.05, 4.69) is 0 Å². The normalized spacial score (nSPS) is 20.4. The summed E-state index contributed by atoms with van der Waals surface area (Å²) in [6.45, 7) is 0. The van der Waals surface area contributed by atoms with Crippen molar-refractivity contribution in [3.05, 3.63) is 6.42 Å². The Morgan fingerprint density at radius 2 is 2.25 bits per heavy atom. The zero-order valence-corrected chi connectivity index (χ0v) is 4.00. The number of hydrogen-bond donors (Lipinski definition) is 1. The van der Waals surface area contributed by atoms with Crippen molar-refractivity contribution in [1.82, 2.24) is 5.06 Å². The van der Waals surface area contributed by atoms with Crippen molar-refractivity contribution in [2.45, 2.75) is 6.42 Å². The molecule has 43 valence electrons. The number of nitrogens with zero attached hydrogens (tertiary/aromatic N) is 1. The van der Waals surface area contributed by atoms with Crippen LogP contribution in [0.3, 0.4) is 0 Å². The van der Waals surface area contributed by atoms with E-state index in [4.69, 9.17) is 5.21 Å². The van der Waals surface area contributed by atoms with Crippen LogP contribution in [0.5, 0.6) is 0 Å². The molecule has 1 fully saturated rings. The highest BCUT2D eigenvalue weighted by molar-refractivity contribution is 6.06.